The fraction of sp³-hybridized carbons (Fsp3) is 0.278. The largest absolute Gasteiger partial charge is 0.462 e. The maximum Gasteiger partial charge on any atom is 0.339 e. The van der Waals surface area contributed by atoms with E-state index in [-0.39, 0.29) is 11.9 Å². The van der Waals surface area contributed by atoms with Crippen molar-refractivity contribution in [3.63, 3.8) is 0 Å². The SMILES string of the molecule is CCOC(=O)c1ccc(CNc2ccc(C(=O)OCC)cn2)cc1. The molecule has 1 aromatic heterocycles. The van der Waals surface area contributed by atoms with Crippen LogP contribution in [0.5, 0.6) is 0 Å². The highest BCUT2D eigenvalue weighted by molar-refractivity contribution is 5.89. The number of nitrogens with zero attached hydrogens (tertiary/aromatic N) is 1. The molecule has 0 amide bonds. The van der Waals surface area contributed by atoms with Gasteiger partial charge in [-0.2, -0.15) is 0 Å². The lowest BCUT2D eigenvalue weighted by Gasteiger charge is -2.07. The average molecular weight is 328 g/mol. The smallest absolute Gasteiger partial charge is 0.339 e. The Morgan fingerprint density at radius 1 is 0.917 bits per heavy atom. The molecule has 0 aliphatic heterocycles. The predicted octanol–water partition coefficient (Wildman–Crippen LogP) is 3.05. The number of pyridine rings is 1. The molecule has 24 heavy (non-hydrogen) atoms. The summed E-state index contributed by atoms with van der Waals surface area (Å²) in [4.78, 5) is 27.3. The van der Waals surface area contributed by atoms with Gasteiger partial charge in [-0.1, -0.05) is 12.1 Å². The Labute approximate surface area is 140 Å². The summed E-state index contributed by atoms with van der Waals surface area (Å²) in [5.74, 6) is -0.0585. The number of carbonyl (C=O) groups is 2. The summed E-state index contributed by atoms with van der Waals surface area (Å²) in [6.07, 6.45) is 1.48. The highest BCUT2D eigenvalue weighted by Gasteiger charge is 2.07. The minimum atomic E-state index is -0.383. The first-order valence-electron chi connectivity index (χ1n) is 7.77. The minimum absolute atomic E-state index is 0.326. The van der Waals surface area contributed by atoms with Crippen LogP contribution in [-0.2, 0) is 16.0 Å². The van der Waals surface area contributed by atoms with E-state index in [1.807, 2.05) is 12.1 Å². The van der Waals surface area contributed by atoms with Crippen molar-refractivity contribution >= 4 is 17.8 Å². The molecule has 0 radical (unpaired) electrons. The average Bonchev–Trinajstić information content (AvgIpc) is 2.61. The van der Waals surface area contributed by atoms with E-state index in [4.69, 9.17) is 9.47 Å². The van der Waals surface area contributed by atoms with Gasteiger partial charge in [0.05, 0.1) is 24.3 Å². The molecule has 0 bridgehead atoms. The molecular formula is C18H20N2O4. The van der Waals surface area contributed by atoms with Crippen LogP contribution >= 0.6 is 0 Å². The second-order valence-corrected chi connectivity index (χ2v) is 4.92. The molecule has 1 aromatic carbocycles. The Balaban J connectivity index is 1.91. The second kappa shape index (κ2) is 8.67. The Morgan fingerprint density at radius 2 is 1.50 bits per heavy atom. The summed E-state index contributed by atoms with van der Waals surface area (Å²) >= 11 is 0. The third-order valence-corrected chi connectivity index (χ3v) is 3.21. The third-order valence-electron chi connectivity index (χ3n) is 3.21. The lowest BCUT2D eigenvalue weighted by atomic mass is 10.1. The zero-order valence-corrected chi connectivity index (χ0v) is 13.7. The molecule has 0 saturated carbocycles. The van der Waals surface area contributed by atoms with E-state index >= 15 is 0 Å². The molecule has 0 aliphatic carbocycles. The lowest BCUT2D eigenvalue weighted by Crippen LogP contribution is -2.07. The van der Waals surface area contributed by atoms with Gasteiger partial charge in [0.2, 0.25) is 0 Å². The number of aromatic nitrogens is 1. The van der Waals surface area contributed by atoms with Gasteiger partial charge >= 0.3 is 11.9 Å². The van der Waals surface area contributed by atoms with E-state index in [0.717, 1.165) is 5.56 Å². The van der Waals surface area contributed by atoms with E-state index in [1.165, 1.54) is 6.20 Å². The van der Waals surface area contributed by atoms with E-state index in [9.17, 15) is 9.59 Å². The van der Waals surface area contributed by atoms with Crippen LogP contribution in [0.1, 0.15) is 40.1 Å². The first-order chi connectivity index (χ1) is 11.6. The van der Waals surface area contributed by atoms with Gasteiger partial charge in [0.1, 0.15) is 5.82 Å². The van der Waals surface area contributed by atoms with Crippen molar-refractivity contribution in [3.8, 4) is 0 Å². The number of ether oxygens (including phenoxy) is 2. The Bertz CT molecular complexity index is 620. The van der Waals surface area contributed by atoms with E-state index in [1.54, 1.807) is 38.1 Å². The van der Waals surface area contributed by atoms with Crippen molar-refractivity contribution in [1.29, 1.82) is 0 Å². The molecule has 6 heteroatoms. The second-order valence-electron chi connectivity index (χ2n) is 4.92. The lowest BCUT2D eigenvalue weighted by molar-refractivity contribution is 0.0516. The molecule has 2 aromatic rings. The molecule has 0 spiro atoms. The van der Waals surface area contributed by atoms with Gasteiger partial charge in [0.25, 0.3) is 0 Å². The number of benzene rings is 1. The van der Waals surface area contributed by atoms with Crippen molar-refractivity contribution in [2.75, 3.05) is 18.5 Å². The Hall–Kier alpha value is -2.89. The fourth-order valence-electron chi connectivity index (χ4n) is 2.00. The number of esters is 2. The summed E-state index contributed by atoms with van der Waals surface area (Å²) in [5, 5.41) is 3.15. The van der Waals surface area contributed by atoms with Crippen LogP contribution in [0.3, 0.4) is 0 Å². The molecular weight excluding hydrogens is 308 g/mol. The van der Waals surface area contributed by atoms with Crippen molar-refractivity contribution in [3.05, 3.63) is 59.3 Å². The summed E-state index contributed by atoms with van der Waals surface area (Å²) < 4.78 is 9.85. The quantitative estimate of drug-likeness (QED) is 0.787. The van der Waals surface area contributed by atoms with Crippen molar-refractivity contribution in [1.82, 2.24) is 4.98 Å². The van der Waals surface area contributed by atoms with Crippen molar-refractivity contribution in [2.24, 2.45) is 0 Å². The summed E-state index contributed by atoms with van der Waals surface area (Å²) in [7, 11) is 0. The van der Waals surface area contributed by atoms with Crippen LogP contribution in [0.25, 0.3) is 0 Å². The summed E-state index contributed by atoms with van der Waals surface area (Å²) in [5.41, 5.74) is 1.94. The maximum atomic E-state index is 11.6. The normalized spacial score (nSPS) is 10.1. The van der Waals surface area contributed by atoms with E-state index in [0.29, 0.717) is 36.7 Å². The van der Waals surface area contributed by atoms with Crippen LogP contribution in [-0.4, -0.2) is 30.1 Å². The molecule has 0 aliphatic rings. The van der Waals surface area contributed by atoms with Crippen LogP contribution in [0.4, 0.5) is 5.82 Å². The van der Waals surface area contributed by atoms with Crippen LogP contribution in [0, 0.1) is 0 Å². The van der Waals surface area contributed by atoms with E-state index < -0.39 is 0 Å². The third kappa shape index (κ3) is 4.81. The van der Waals surface area contributed by atoms with Crippen LogP contribution in [0.15, 0.2) is 42.6 Å². The Kier molecular flexibility index (Phi) is 6.31. The Morgan fingerprint density at radius 3 is 2.04 bits per heavy atom. The molecule has 1 heterocycles. The van der Waals surface area contributed by atoms with Gasteiger partial charge in [-0.05, 0) is 43.7 Å². The number of anilines is 1. The number of hydrogen-bond donors (Lipinski definition) is 1. The molecule has 6 nitrogen and oxygen atoms in total. The molecule has 0 atom stereocenters. The monoisotopic (exact) mass is 328 g/mol. The summed E-state index contributed by atoms with van der Waals surface area (Å²) in [6.45, 7) is 4.77. The van der Waals surface area contributed by atoms with Gasteiger partial charge in [0.15, 0.2) is 0 Å². The first-order valence-corrected chi connectivity index (χ1v) is 7.77. The molecule has 0 fully saturated rings. The predicted molar refractivity (Wildman–Crippen MR) is 89.9 cm³/mol. The zero-order chi connectivity index (χ0) is 17.4. The minimum Gasteiger partial charge on any atom is -0.462 e. The molecule has 2 rings (SSSR count). The van der Waals surface area contributed by atoms with Crippen molar-refractivity contribution in [2.45, 2.75) is 20.4 Å². The van der Waals surface area contributed by atoms with E-state index in [2.05, 4.69) is 10.3 Å². The fourth-order valence-corrected chi connectivity index (χ4v) is 2.00. The highest BCUT2D eigenvalue weighted by Crippen LogP contribution is 2.10. The topological polar surface area (TPSA) is 77.5 Å². The standard InChI is InChI=1S/C18H20N2O4/c1-3-23-17(21)14-7-5-13(6-8-14)11-19-16-10-9-15(12-20-16)18(22)24-4-2/h5-10,12H,3-4,11H2,1-2H3,(H,19,20). The molecule has 0 saturated heterocycles. The molecule has 0 unspecified atom stereocenters. The highest BCUT2D eigenvalue weighted by atomic mass is 16.5. The van der Waals surface area contributed by atoms with Crippen molar-refractivity contribution < 1.29 is 19.1 Å². The number of rotatable bonds is 7. The zero-order valence-electron chi connectivity index (χ0n) is 13.7. The first kappa shape index (κ1) is 17.5. The van der Waals surface area contributed by atoms with Gasteiger partial charge in [-0.25, -0.2) is 14.6 Å². The molecule has 1 N–H and O–H groups in total. The van der Waals surface area contributed by atoms with Gasteiger partial charge in [-0.3, -0.25) is 0 Å². The van der Waals surface area contributed by atoms with Crippen LogP contribution in [0.2, 0.25) is 0 Å². The number of carbonyl (C=O) groups excluding carboxylic acids is 2. The van der Waals surface area contributed by atoms with Crippen LogP contribution < -0.4 is 5.32 Å². The molecule has 126 valence electrons. The number of hydrogen-bond acceptors (Lipinski definition) is 6. The van der Waals surface area contributed by atoms with Gasteiger partial charge < -0.3 is 14.8 Å². The maximum absolute atomic E-state index is 11.6. The summed E-state index contributed by atoms with van der Waals surface area (Å²) in [6, 6.07) is 10.5. The van der Waals surface area contributed by atoms with Gasteiger partial charge in [-0.15, -0.1) is 0 Å². The van der Waals surface area contributed by atoms with Gasteiger partial charge in [0, 0.05) is 12.7 Å². The number of nitrogens with one attached hydrogen (secondary N) is 1.